The van der Waals surface area contributed by atoms with Crippen LogP contribution < -0.4 is 15.4 Å². The van der Waals surface area contributed by atoms with E-state index in [1.807, 2.05) is 6.92 Å². The molecule has 1 amide bonds. The first-order chi connectivity index (χ1) is 10.7. The standard InChI is InChI=1S/C14H19N5O2S/c1-3-15-14-16-7-11(22-14)12(20)17-10-8-19(2)18-13(10)21-9-5-4-6-9/h7-9H,3-6H2,1-2H3,(H,15,16)(H,17,20). The SMILES string of the molecule is CCNc1ncc(C(=O)Nc2cn(C)nc2OC2CCC2)s1. The summed E-state index contributed by atoms with van der Waals surface area (Å²) in [6.45, 7) is 2.76. The summed E-state index contributed by atoms with van der Waals surface area (Å²) in [5.41, 5.74) is 0.595. The van der Waals surface area contributed by atoms with Crippen LogP contribution in [0.3, 0.4) is 0 Å². The normalized spacial score (nSPS) is 14.5. The fourth-order valence-electron chi connectivity index (χ4n) is 2.08. The van der Waals surface area contributed by atoms with Crippen molar-refractivity contribution < 1.29 is 9.53 Å². The molecule has 1 fully saturated rings. The monoisotopic (exact) mass is 321 g/mol. The van der Waals surface area contributed by atoms with Crippen molar-refractivity contribution in [3.63, 3.8) is 0 Å². The summed E-state index contributed by atoms with van der Waals surface area (Å²) in [6.07, 6.45) is 6.82. The largest absolute Gasteiger partial charge is 0.472 e. The van der Waals surface area contributed by atoms with Gasteiger partial charge in [0.2, 0.25) is 0 Å². The molecule has 0 unspecified atom stereocenters. The molecule has 1 aliphatic carbocycles. The Morgan fingerprint density at radius 1 is 1.55 bits per heavy atom. The van der Waals surface area contributed by atoms with Gasteiger partial charge in [-0.15, -0.1) is 5.10 Å². The van der Waals surface area contributed by atoms with Crippen LogP contribution in [0.25, 0.3) is 0 Å². The van der Waals surface area contributed by atoms with Gasteiger partial charge in [0.05, 0.1) is 12.4 Å². The van der Waals surface area contributed by atoms with Crippen LogP contribution in [0.5, 0.6) is 5.88 Å². The number of amides is 1. The summed E-state index contributed by atoms with van der Waals surface area (Å²) in [5, 5.41) is 11.0. The third-order valence-electron chi connectivity index (χ3n) is 3.43. The number of nitrogens with zero attached hydrogens (tertiary/aromatic N) is 3. The number of hydrogen-bond donors (Lipinski definition) is 2. The molecule has 2 aromatic heterocycles. The van der Waals surface area contributed by atoms with Crippen LogP contribution in [0.15, 0.2) is 12.4 Å². The summed E-state index contributed by atoms with van der Waals surface area (Å²) in [4.78, 5) is 17.0. The lowest BCUT2D eigenvalue weighted by Crippen LogP contribution is -2.25. The van der Waals surface area contributed by atoms with E-state index in [1.54, 1.807) is 24.1 Å². The van der Waals surface area contributed by atoms with Crippen LogP contribution >= 0.6 is 11.3 Å². The lowest BCUT2D eigenvalue weighted by molar-refractivity contribution is 0.102. The van der Waals surface area contributed by atoms with Crippen molar-refractivity contribution in [3.8, 4) is 5.88 Å². The molecule has 0 atom stereocenters. The quantitative estimate of drug-likeness (QED) is 0.854. The summed E-state index contributed by atoms with van der Waals surface area (Å²) < 4.78 is 7.45. The average Bonchev–Trinajstić information content (AvgIpc) is 3.02. The maximum atomic E-state index is 12.3. The molecule has 0 radical (unpaired) electrons. The predicted molar refractivity (Wildman–Crippen MR) is 85.7 cm³/mol. The molecule has 22 heavy (non-hydrogen) atoms. The fraction of sp³-hybridized carbons (Fsp3) is 0.500. The summed E-state index contributed by atoms with van der Waals surface area (Å²) in [7, 11) is 1.80. The highest BCUT2D eigenvalue weighted by molar-refractivity contribution is 7.17. The van der Waals surface area contributed by atoms with Crippen LogP contribution in [0, 0.1) is 0 Å². The van der Waals surface area contributed by atoms with E-state index >= 15 is 0 Å². The van der Waals surface area contributed by atoms with Gasteiger partial charge in [-0.25, -0.2) is 4.98 Å². The van der Waals surface area contributed by atoms with Gasteiger partial charge in [-0.2, -0.15) is 0 Å². The van der Waals surface area contributed by atoms with E-state index in [0.717, 1.165) is 24.5 Å². The Morgan fingerprint density at radius 2 is 2.36 bits per heavy atom. The molecule has 1 saturated carbocycles. The first kappa shape index (κ1) is 14.8. The highest BCUT2D eigenvalue weighted by Crippen LogP contribution is 2.30. The minimum absolute atomic E-state index is 0.201. The first-order valence-corrected chi connectivity index (χ1v) is 8.18. The van der Waals surface area contributed by atoms with Crippen molar-refractivity contribution in [1.82, 2.24) is 14.8 Å². The maximum Gasteiger partial charge on any atom is 0.267 e. The van der Waals surface area contributed by atoms with E-state index in [0.29, 0.717) is 16.4 Å². The van der Waals surface area contributed by atoms with Gasteiger partial charge in [0.25, 0.3) is 11.8 Å². The first-order valence-electron chi connectivity index (χ1n) is 7.37. The Hall–Kier alpha value is -2.09. The van der Waals surface area contributed by atoms with Crippen LogP contribution in [-0.4, -0.2) is 33.3 Å². The van der Waals surface area contributed by atoms with Gasteiger partial charge < -0.3 is 15.4 Å². The van der Waals surface area contributed by atoms with Crippen LogP contribution in [0.4, 0.5) is 10.8 Å². The maximum absolute atomic E-state index is 12.3. The second-order valence-corrected chi connectivity index (χ2v) is 6.24. The Morgan fingerprint density at radius 3 is 3.05 bits per heavy atom. The molecule has 0 aromatic carbocycles. The third-order valence-corrected chi connectivity index (χ3v) is 4.38. The van der Waals surface area contributed by atoms with Crippen molar-refractivity contribution in [2.24, 2.45) is 7.05 Å². The molecular formula is C14H19N5O2S. The van der Waals surface area contributed by atoms with Crippen molar-refractivity contribution in [2.75, 3.05) is 17.2 Å². The van der Waals surface area contributed by atoms with Gasteiger partial charge in [0.1, 0.15) is 16.7 Å². The van der Waals surface area contributed by atoms with Gasteiger partial charge in [0.15, 0.2) is 5.13 Å². The number of aromatic nitrogens is 3. The van der Waals surface area contributed by atoms with Gasteiger partial charge >= 0.3 is 0 Å². The topological polar surface area (TPSA) is 81.1 Å². The van der Waals surface area contributed by atoms with Gasteiger partial charge in [0, 0.05) is 13.6 Å². The fourth-order valence-corrected chi connectivity index (χ4v) is 2.86. The molecular weight excluding hydrogens is 302 g/mol. The lowest BCUT2D eigenvalue weighted by atomic mass is 9.96. The number of aryl methyl sites for hydroxylation is 1. The Kier molecular flexibility index (Phi) is 4.28. The smallest absolute Gasteiger partial charge is 0.267 e. The molecule has 7 nitrogen and oxygen atoms in total. The van der Waals surface area contributed by atoms with E-state index in [4.69, 9.17) is 4.74 Å². The van der Waals surface area contributed by atoms with Crippen molar-refractivity contribution in [2.45, 2.75) is 32.3 Å². The molecule has 3 rings (SSSR count). The number of carbonyl (C=O) groups excluding carboxylic acids is 1. The van der Waals surface area contributed by atoms with E-state index in [9.17, 15) is 4.79 Å². The molecule has 0 aliphatic heterocycles. The number of ether oxygens (including phenoxy) is 1. The lowest BCUT2D eigenvalue weighted by Gasteiger charge is -2.25. The summed E-state index contributed by atoms with van der Waals surface area (Å²) in [6, 6.07) is 0. The van der Waals surface area contributed by atoms with Crippen LogP contribution in [0.1, 0.15) is 35.9 Å². The molecule has 8 heteroatoms. The van der Waals surface area contributed by atoms with E-state index in [-0.39, 0.29) is 12.0 Å². The zero-order valence-corrected chi connectivity index (χ0v) is 13.4. The summed E-state index contributed by atoms with van der Waals surface area (Å²) in [5.74, 6) is 0.282. The Bertz CT molecular complexity index is 662. The zero-order chi connectivity index (χ0) is 15.5. The number of thiazole rings is 1. The van der Waals surface area contributed by atoms with Gasteiger partial charge in [-0.05, 0) is 26.2 Å². The van der Waals surface area contributed by atoms with E-state index in [2.05, 4.69) is 20.7 Å². The van der Waals surface area contributed by atoms with E-state index < -0.39 is 0 Å². The molecule has 0 saturated heterocycles. The number of rotatable bonds is 6. The van der Waals surface area contributed by atoms with Crippen molar-refractivity contribution in [1.29, 1.82) is 0 Å². The molecule has 2 aromatic rings. The second kappa shape index (κ2) is 6.35. The van der Waals surface area contributed by atoms with Gasteiger partial charge in [-0.1, -0.05) is 11.3 Å². The third kappa shape index (κ3) is 3.22. The molecule has 2 N–H and O–H groups in total. The number of anilines is 2. The van der Waals surface area contributed by atoms with Crippen molar-refractivity contribution >= 4 is 28.1 Å². The summed E-state index contributed by atoms with van der Waals surface area (Å²) >= 11 is 1.32. The highest BCUT2D eigenvalue weighted by Gasteiger charge is 2.23. The Labute approximate surface area is 132 Å². The predicted octanol–water partition coefficient (Wildman–Crippen LogP) is 2.49. The zero-order valence-electron chi connectivity index (χ0n) is 12.6. The number of nitrogens with one attached hydrogen (secondary N) is 2. The Balaban J connectivity index is 1.69. The molecule has 2 heterocycles. The molecule has 0 spiro atoms. The highest BCUT2D eigenvalue weighted by atomic mass is 32.1. The number of carbonyl (C=O) groups is 1. The van der Waals surface area contributed by atoms with Crippen molar-refractivity contribution in [3.05, 3.63) is 17.3 Å². The molecule has 1 aliphatic rings. The number of hydrogen-bond acceptors (Lipinski definition) is 6. The molecule has 118 valence electrons. The van der Waals surface area contributed by atoms with Crippen LogP contribution in [0.2, 0.25) is 0 Å². The molecule has 0 bridgehead atoms. The van der Waals surface area contributed by atoms with E-state index in [1.165, 1.54) is 17.8 Å². The average molecular weight is 321 g/mol. The minimum Gasteiger partial charge on any atom is -0.472 e. The van der Waals surface area contributed by atoms with Gasteiger partial charge in [-0.3, -0.25) is 9.48 Å². The van der Waals surface area contributed by atoms with Crippen LogP contribution in [-0.2, 0) is 7.05 Å². The second-order valence-electron chi connectivity index (χ2n) is 5.21. The minimum atomic E-state index is -0.201.